The summed E-state index contributed by atoms with van der Waals surface area (Å²) in [5.41, 5.74) is 2.31. The van der Waals surface area contributed by atoms with Crippen molar-refractivity contribution in [2.45, 2.75) is 58.0 Å². The highest BCUT2D eigenvalue weighted by molar-refractivity contribution is 7.17. The Morgan fingerprint density at radius 3 is 2.67 bits per heavy atom. The van der Waals surface area contributed by atoms with Crippen LogP contribution in [-0.2, 0) is 16.9 Å². The molecule has 3 heterocycles. The molecule has 1 saturated carbocycles. The maximum atomic E-state index is 13.3. The van der Waals surface area contributed by atoms with Gasteiger partial charge in [0.2, 0.25) is 11.8 Å². The number of fused-ring (bicyclic) bond motifs is 1. The normalized spacial score (nSPS) is 15.2. The zero-order valence-corrected chi connectivity index (χ0v) is 19.4. The van der Waals surface area contributed by atoms with Gasteiger partial charge in [-0.3, -0.25) is 14.2 Å². The SMILES string of the molecule is Cc1ccc(-c2csc3ncn(CCC(=O)NC4(c5noc(C)n5)CCCC4)c(=O)c23)cc1. The molecule has 0 unspecified atom stereocenters. The van der Waals surface area contributed by atoms with Crippen molar-refractivity contribution in [2.75, 3.05) is 0 Å². The number of hydrogen-bond acceptors (Lipinski definition) is 7. The second-order valence-electron chi connectivity index (χ2n) is 8.66. The summed E-state index contributed by atoms with van der Waals surface area (Å²) in [5, 5.41) is 9.76. The summed E-state index contributed by atoms with van der Waals surface area (Å²) in [7, 11) is 0. The van der Waals surface area contributed by atoms with Gasteiger partial charge in [-0.05, 0) is 25.3 Å². The van der Waals surface area contributed by atoms with Gasteiger partial charge in [-0.25, -0.2) is 4.98 Å². The Kier molecular flexibility index (Phi) is 5.57. The predicted molar refractivity (Wildman–Crippen MR) is 126 cm³/mol. The lowest BCUT2D eigenvalue weighted by molar-refractivity contribution is -0.123. The Balaban J connectivity index is 1.36. The van der Waals surface area contributed by atoms with Gasteiger partial charge in [0.1, 0.15) is 10.4 Å². The molecule has 1 aliphatic rings. The fourth-order valence-corrected chi connectivity index (χ4v) is 5.41. The number of nitrogens with zero attached hydrogens (tertiary/aromatic N) is 4. The van der Waals surface area contributed by atoms with Crippen LogP contribution >= 0.6 is 11.3 Å². The molecule has 0 aliphatic heterocycles. The number of thiophene rings is 1. The smallest absolute Gasteiger partial charge is 0.262 e. The van der Waals surface area contributed by atoms with Crippen molar-refractivity contribution < 1.29 is 9.32 Å². The van der Waals surface area contributed by atoms with E-state index in [1.165, 1.54) is 22.2 Å². The van der Waals surface area contributed by atoms with Crippen molar-refractivity contribution in [3.8, 4) is 11.1 Å². The van der Waals surface area contributed by atoms with Crippen LogP contribution in [0, 0.1) is 13.8 Å². The van der Waals surface area contributed by atoms with Gasteiger partial charge in [0.15, 0.2) is 5.82 Å². The molecule has 33 heavy (non-hydrogen) atoms. The zero-order chi connectivity index (χ0) is 23.0. The van der Waals surface area contributed by atoms with Crippen LogP contribution in [-0.4, -0.2) is 25.6 Å². The van der Waals surface area contributed by atoms with Crippen LogP contribution in [0.25, 0.3) is 21.3 Å². The molecule has 170 valence electrons. The first-order valence-electron chi connectivity index (χ1n) is 11.1. The third kappa shape index (κ3) is 4.08. The number of aromatic nitrogens is 4. The Hall–Kier alpha value is -3.33. The topological polar surface area (TPSA) is 103 Å². The minimum absolute atomic E-state index is 0.131. The lowest BCUT2D eigenvalue weighted by Gasteiger charge is -2.26. The standard InChI is InChI=1S/C24H25N5O3S/c1-15-5-7-17(8-6-15)18-13-33-21-20(18)22(31)29(14-25-21)12-9-19(30)27-24(10-3-4-11-24)23-26-16(2)32-28-23/h5-8,13-14H,3-4,9-12H2,1-2H3,(H,27,30). The number of hydrogen-bond donors (Lipinski definition) is 1. The quantitative estimate of drug-likeness (QED) is 0.462. The van der Waals surface area contributed by atoms with Gasteiger partial charge >= 0.3 is 0 Å². The second kappa shape index (κ2) is 8.55. The van der Waals surface area contributed by atoms with Crippen molar-refractivity contribution in [3.05, 3.63) is 63.6 Å². The van der Waals surface area contributed by atoms with E-state index >= 15 is 0 Å². The first-order chi connectivity index (χ1) is 15.9. The Morgan fingerprint density at radius 2 is 1.97 bits per heavy atom. The molecule has 9 heteroatoms. The van der Waals surface area contributed by atoms with E-state index in [1.807, 2.05) is 36.6 Å². The highest BCUT2D eigenvalue weighted by atomic mass is 32.1. The number of carbonyl (C=O) groups excluding carboxylic acids is 1. The van der Waals surface area contributed by atoms with Gasteiger partial charge in [0, 0.05) is 30.8 Å². The van der Waals surface area contributed by atoms with E-state index in [2.05, 4.69) is 20.4 Å². The summed E-state index contributed by atoms with van der Waals surface area (Å²) in [4.78, 5) is 35.7. The van der Waals surface area contributed by atoms with Gasteiger partial charge in [-0.1, -0.05) is 47.8 Å². The summed E-state index contributed by atoms with van der Waals surface area (Å²) >= 11 is 1.45. The van der Waals surface area contributed by atoms with E-state index in [0.717, 1.165) is 42.4 Å². The van der Waals surface area contributed by atoms with Gasteiger partial charge in [0.05, 0.1) is 11.7 Å². The third-order valence-corrected chi connectivity index (χ3v) is 7.18. The number of carbonyl (C=O) groups is 1. The summed E-state index contributed by atoms with van der Waals surface area (Å²) in [6.07, 6.45) is 5.23. The fraction of sp³-hybridized carbons (Fsp3) is 0.375. The number of nitrogens with one attached hydrogen (secondary N) is 1. The van der Waals surface area contributed by atoms with E-state index in [-0.39, 0.29) is 24.4 Å². The lowest BCUT2D eigenvalue weighted by Crippen LogP contribution is -2.45. The molecule has 1 fully saturated rings. The molecule has 1 amide bonds. The van der Waals surface area contributed by atoms with Crippen LogP contribution in [0.1, 0.15) is 49.4 Å². The largest absolute Gasteiger partial charge is 0.343 e. The van der Waals surface area contributed by atoms with Gasteiger partial charge in [-0.2, -0.15) is 4.98 Å². The van der Waals surface area contributed by atoms with Gasteiger partial charge < -0.3 is 9.84 Å². The molecule has 0 atom stereocenters. The van der Waals surface area contributed by atoms with Crippen molar-refractivity contribution in [1.29, 1.82) is 0 Å². The first kappa shape index (κ1) is 21.5. The van der Waals surface area contributed by atoms with Crippen LogP contribution in [0.5, 0.6) is 0 Å². The summed E-state index contributed by atoms with van der Waals surface area (Å²) in [6, 6.07) is 8.09. The maximum Gasteiger partial charge on any atom is 0.262 e. The lowest BCUT2D eigenvalue weighted by atomic mass is 9.96. The van der Waals surface area contributed by atoms with Crippen LogP contribution in [0.2, 0.25) is 0 Å². The molecule has 0 radical (unpaired) electrons. The van der Waals surface area contributed by atoms with Crippen molar-refractivity contribution in [1.82, 2.24) is 25.0 Å². The van der Waals surface area contributed by atoms with Gasteiger partial charge in [-0.15, -0.1) is 11.3 Å². The molecule has 5 rings (SSSR count). The minimum atomic E-state index is -0.589. The molecule has 1 aromatic carbocycles. The van der Waals surface area contributed by atoms with E-state index in [0.29, 0.717) is 21.9 Å². The number of amides is 1. The van der Waals surface area contributed by atoms with Crippen molar-refractivity contribution in [2.24, 2.45) is 0 Å². The number of rotatable bonds is 6. The highest BCUT2D eigenvalue weighted by Crippen LogP contribution is 2.37. The second-order valence-corrected chi connectivity index (χ2v) is 9.52. The maximum absolute atomic E-state index is 13.3. The summed E-state index contributed by atoms with van der Waals surface area (Å²) in [6.45, 7) is 4.02. The monoisotopic (exact) mass is 463 g/mol. The minimum Gasteiger partial charge on any atom is -0.343 e. The number of benzene rings is 1. The Morgan fingerprint density at radius 1 is 1.21 bits per heavy atom. The van der Waals surface area contributed by atoms with Gasteiger partial charge in [0.25, 0.3) is 5.56 Å². The first-order valence-corrected chi connectivity index (χ1v) is 12.0. The van der Waals surface area contributed by atoms with Crippen LogP contribution < -0.4 is 10.9 Å². The average Bonchev–Trinajstić information content (AvgIpc) is 3.54. The molecule has 4 aromatic rings. The van der Waals surface area contributed by atoms with Crippen LogP contribution in [0.3, 0.4) is 0 Å². The van der Waals surface area contributed by atoms with E-state index in [9.17, 15) is 9.59 Å². The Labute approximate surface area is 194 Å². The fourth-order valence-electron chi connectivity index (χ4n) is 4.50. The summed E-state index contributed by atoms with van der Waals surface area (Å²) in [5.74, 6) is 0.874. The Bertz CT molecular complexity index is 1360. The predicted octanol–water partition coefficient (Wildman–Crippen LogP) is 4.10. The van der Waals surface area contributed by atoms with E-state index < -0.39 is 5.54 Å². The molecule has 0 bridgehead atoms. The van der Waals surface area contributed by atoms with Crippen LogP contribution in [0.15, 0.2) is 45.3 Å². The molecule has 0 spiro atoms. The molecule has 1 aliphatic carbocycles. The zero-order valence-electron chi connectivity index (χ0n) is 18.6. The van der Waals surface area contributed by atoms with E-state index in [1.54, 1.807) is 6.92 Å². The highest BCUT2D eigenvalue weighted by Gasteiger charge is 2.41. The molecule has 1 N–H and O–H groups in total. The molecule has 3 aromatic heterocycles. The van der Waals surface area contributed by atoms with E-state index in [4.69, 9.17) is 4.52 Å². The molecular weight excluding hydrogens is 438 g/mol. The molecule has 0 saturated heterocycles. The van der Waals surface area contributed by atoms with Crippen molar-refractivity contribution >= 4 is 27.5 Å². The summed E-state index contributed by atoms with van der Waals surface area (Å²) < 4.78 is 6.67. The third-order valence-electron chi connectivity index (χ3n) is 6.29. The average molecular weight is 464 g/mol. The van der Waals surface area contributed by atoms with Crippen LogP contribution in [0.4, 0.5) is 0 Å². The molecular formula is C24H25N5O3S. The van der Waals surface area contributed by atoms with Crippen molar-refractivity contribution in [3.63, 3.8) is 0 Å². The molecule has 8 nitrogen and oxygen atoms in total. The number of aryl methyl sites for hydroxylation is 3.